The van der Waals surface area contributed by atoms with E-state index < -0.39 is 6.09 Å². The lowest BCUT2D eigenvalue weighted by atomic mass is 9.99. The summed E-state index contributed by atoms with van der Waals surface area (Å²) in [6.45, 7) is 5.11. The number of hydrogen-bond donors (Lipinski definition) is 3. The average Bonchev–Trinajstić information content (AvgIpc) is 2.61. The van der Waals surface area contributed by atoms with Crippen LogP contribution in [0.3, 0.4) is 0 Å². The summed E-state index contributed by atoms with van der Waals surface area (Å²) in [5, 5.41) is 14.7. The fourth-order valence-electron chi connectivity index (χ4n) is 3.04. The average molecular weight is 353 g/mol. The summed E-state index contributed by atoms with van der Waals surface area (Å²) >= 11 is 0. The summed E-state index contributed by atoms with van der Waals surface area (Å²) in [6, 6.07) is 13.1. The molecular formula is C20H23N3O3. The number of carbonyl (C=O) groups is 2. The molecule has 0 aliphatic carbocycles. The number of urea groups is 1. The second-order valence-corrected chi connectivity index (χ2v) is 6.79. The third-order valence-electron chi connectivity index (χ3n) is 4.58. The van der Waals surface area contributed by atoms with Crippen LogP contribution >= 0.6 is 0 Å². The van der Waals surface area contributed by atoms with Crippen LogP contribution in [0.2, 0.25) is 0 Å². The second-order valence-electron chi connectivity index (χ2n) is 6.79. The molecular weight excluding hydrogens is 330 g/mol. The van der Waals surface area contributed by atoms with Crippen LogP contribution in [-0.4, -0.2) is 28.7 Å². The highest BCUT2D eigenvalue weighted by Gasteiger charge is 2.20. The molecule has 0 unspecified atom stereocenters. The molecule has 0 radical (unpaired) electrons. The van der Waals surface area contributed by atoms with Gasteiger partial charge in [-0.05, 0) is 53.3 Å². The van der Waals surface area contributed by atoms with Gasteiger partial charge in [0.15, 0.2) is 0 Å². The van der Waals surface area contributed by atoms with Crippen LogP contribution in [0, 0.1) is 0 Å². The first kappa shape index (κ1) is 17.8. The van der Waals surface area contributed by atoms with Gasteiger partial charge in [-0.3, -0.25) is 0 Å². The topological polar surface area (TPSA) is 81.7 Å². The molecule has 0 saturated heterocycles. The molecule has 1 aliphatic rings. The number of hydrogen-bond acceptors (Lipinski definition) is 2. The maximum Gasteiger partial charge on any atom is 0.407 e. The number of nitrogens with zero attached hydrogens (tertiary/aromatic N) is 1. The van der Waals surface area contributed by atoms with Crippen LogP contribution in [0.4, 0.5) is 21.0 Å². The monoisotopic (exact) mass is 353 g/mol. The molecule has 0 saturated carbocycles. The van der Waals surface area contributed by atoms with Crippen LogP contribution in [0.15, 0.2) is 42.5 Å². The van der Waals surface area contributed by atoms with E-state index >= 15 is 0 Å². The Morgan fingerprint density at radius 2 is 1.65 bits per heavy atom. The van der Waals surface area contributed by atoms with Gasteiger partial charge in [0.2, 0.25) is 0 Å². The van der Waals surface area contributed by atoms with Gasteiger partial charge in [-0.2, -0.15) is 0 Å². The smallest absolute Gasteiger partial charge is 0.407 e. The number of carbonyl (C=O) groups excluding carboxylic acids is 1. The summed E-state index contributed by atoms with van der Waals surface area (Å²) in [4.78, 5) is 24.7. The van der Waals surface area contributed by atoms with E-state index in [1.807, 2.05) is 36.4 Å². The second kappa shape index (κ2) is 7.47. The highest BCUT2D eigenvalue weighted by atomic mass is 16.4. The normalized spacial score (nSPS) is 13.3. The summed E-state index contributed by atoms with van der Waals surface area (Å²) < 4.78 is 0. The van der Waals surface area contributed by atoms with Gasteiger partial charge in [0.1, 0.15) is 0 Å². The number of benzene rings is 2. The molecule has 136 valence electrons. The minimum Gasteiger partial charge on any atom is -0.465 e. The third kappa shape index (κ3) is 4.14. The van der Waals surface area contributed by atoms with Crippen molar-refractivity contribution < 1.29 is 14.7 Å². The molecule has 1 heterocycles. The number of rotatable bonds is 3. The van der Waals surface area contributed by atoms with Gasteiger partial charge in [-0.15, -0.1) is 0 Å². The molecule has 2 aromatic rings. The maximum atomic E-state index is 12.2. The van der Waals surface area contributed by atoms with E-state index in [4.69, 9.17) is 5.11 Å². The van der Waals surface area contributed by atoms with Crippen LogP contribution in [0.1, 0.15) is 36.5 Å². The van der Waals surface area contributed by atoms with Crippen LogP contribution in [-0.2, 0) is 13.0 Å². The Hall–Kier alpha value is -3.02. The zero-order valence-corrected chi connectivity index (χ0v) is 15.0. The van der Waals surface area contributed by atoms with Crippen LogP contribution in [0.5, 0.6) is 0 Å². The highest BCUT2D eigenvalue weighted by Crippen LogP contribution is 2.23. The van der Waals surface area contributed by atoms with Crippen molar-refractivity contribution in [1.29, 1.82) is 0 Å². The van der Waals surface area contributed by atoms with Gasteiger partial charge in [-0.1, -0.05) is 32.0 Å². The molecule has 0 aromatic heterocycles. The standard InChI is InChI=1S/C20H23N3O3/c1-13(2)14-3-6-17(7-4-14)21-19(24)22-18-8-5-16-12-23(20(25)26)10-9-15(16)11-18/h3-8,11,13H,9-10,12H2,1-2H3,(H,25,26)(H2,21,22,24). The molecule has 0 fully saturated rings. The van der Waals surface area contributed by atoms with Crippen molar-refractivity contribution in [3.05, 3.63) is 59.2 Å². The first-order valence-electron chi connectivity index (χ1n) is 8.70. The van der Waals surface area contributed by atoms with Crippen molar-refractivity contribution in [2.75, 3.05) is 17.2 Å². The number of nitrogens with one attached hydrogen (secondary N) is 2. The lowest BCUT2D eigenvalue weighted by molar-refractivity contribution is 0.140. The van der Waals surface area contributed by atoms with E-state index in [9.17, 15) is 9.59 Å². The fraction of sp³-hybridized carbons (Fsp3) is 0.300. The molecule has 2 aromatic carbocycles. The summed E-state index contributed by atoms with van der Waals surface area (Å²) in [5.41, 5.74) is 4.71. The molecule has 6 nitrogen and oxygen atoms in total. The van der Waals surface area contributed by atoms with E-state index in [0.29, 0.717) is 31.1 Å². The first-order valence-corrected chi connectivity index (χ1v) is 8.70. The predicted octanol–water partition coefficient (Wildman–Crippen LogP) is 4.49. The summed E-state index contributed by atoms with van der Waals surface area (Å²) in [7, 11) is 0. The Labute approximate surface area is 152 Å². The maximum absolute atomic E-state index is 12.2. The van der Waals surface area contributed by atoms with Gasteiger partial charge in [0.25, 0.3) is 0 Å². The first-order chi connectivity index (χ1) is 12.4. The highest BCUT2D eigenvalue weighted by molar-refractivity contribution is 5.99. The Bertz CT molecular complexity index is 816. The minimum atomic E-state index is -0.902. The SMILES string of the molecule is CC(C)c1ccc(NC(=O)Nc2ccc3c(c2)CCN(C(=O)O)C3)cc1. The van der Waals surface area contributed by atoms with Crippen molar-refractivity contribution in [2.45, 2.75) is 32.7 Å². The molecule has 1 aliphatic heterocycles. The van der Waals surface area contributed by atoms with Gasteiger partial charge in [0.05, 0.1) is 0 Å². The summed E-state index contributed by atoms with van der Waals surface area (Å²) in [6.07, 6.45) is -0.254. The Morgan fingerprint density at radius 1 is 1.00 bits per heavy atom. The molecule has 0 bridgehead atoms. The Morgan fingerprint density at radius 3 is 2.31 bits per heavy atom. The quantitative estimate of drug-likeness (QED) is 0.760. The Balaban J connectivity index is 1.62. The van der Waals surface area contributed by atoms with E-state index in [1.54, 1.807) is 6.07 Å². The van der Waals surface area contributed by atoms with Gasteiger partial charge in [-0.25, -0.2) is 9.59 Å². The van der Waals surface area contributed by atoms with Crippen LogP contribution < -0.4 is 10.6 Å². The largest absolute Gasteiger partial charge is 0.465 e. The Kier molecular flexibility index (Phi) is 5.11. The third-order valence-corrected chi connectivity index (χ3v) is 4.58. The molecule has 0 spiro atoms. The fourth-order valence-corrected chi connectivity index (χ4v) is 3.04. The molecule has 3 N–H and O–H groups in total. The summed E-state index contributed by atoms with van der Waals surface area (Å²) in [5.74, 6) is 0.449. The van der Waals surface area contributed by atoms with Gasteiger partial charge < -0.3 is 20.6 Å². The van der Waals surface area contributed by atoms with E-state index in [-0.39, 0.29) is 6.03 Å². The van der Waals surface area contributed by atoms with Crippen LogP contribution in [0.25, 0.3) is 0 Å². The molecule has 0 atom stereocenters. The number of amides is 3. The van der Waals surface area contributed by atoms with Crippen molar-refractivity contribution in [2.24, 2.45) is 0 Å². The molecule has 26 heavy (non-hydrogen) atoms. The lowest BCUT2D eigenvalue weighted by Gasteiger charge is -2.26. The molecule has 3 amide bonds. The predicted molar refractivity (Wildman–Crippen MR) is 102 cm³/mol. The van der Waals surface area contributed by atoms with E-state index in [0.717, 1.165) is 16.8 Å². The number of fused-ring (bicyclic) bond motifs is 1. The minimum absolute atomic E-state index is 0.301. The number of anilines is 2. The zero-order valence-electron chi connectivity index (χ0n) is 15.0. The van der Waals surface area contributed by atoms with Crippen molar-refractivity contribution in [3.8, 4) is 0 Å². The van der Waals surface area contributed by atoms with Crippen molar-refractivity contribution >= 4 is 23.5 Å². The van der Waals surface area contributed by atoms with Gasteiger partial charge in [0, 0.05) is 24.5 Å². The molecule has 6 heteroatoms. The van der Waals surface area contributed by atoms with E-state index in [1.165, 1.54) is 10.5 Å². The zero-order chi connectivity index (χ0) is 18.7. The van der Waals surface area contributed by atoms with Crippen molar-refractivity contribution in [1.82, 2.24) is 4.90 Å². The molecule has 3 rings (SSSR count). The number of carboxylic acid groups (broad SMARTS) is 1. The van der Waals surface area contributed by atoms with Crippen molar-refractivity contribution in [3.63, 3.8) is 0 Å². The van der Waals surface area contributed by atoms with E-state index in [2.05, 4.69) is 24.5 Å². The van der Waals surface area contributed by atoms with Gasteiger partial charge >= 0.3 is 12.1 Å². The lowest BCUT2D eigenvalue weighted by Crippen LogP contribution is -2.34.